The van der Waals surface area contributed by atoms with Crippen LogP contribution in [0, 0.1) is 5.82 Å². The molecule has 0 aliphatic heterocycles. The number of amides is 1. The van der Waals surface area contributed by atoms with E-state index in [1.165, 1.54) is 18.2 Å². The molecule has 32 heavy (non-hydrogen) atoms. The average molecular weight is 455 g/mol. The number of carbonyl (C=O) groups is 1. The van der Waals surface area contributed by atoms with E-state index in [0.717, 1.165) is 5.57 Å². The fourth-order valence-corrected chi connectivity index (χ4v) is 3.27. The van der Waals surface area contributed by atoms with E-state index in [4.69, 9.17) is 11.6 Å². The van der Waals surface area contributed by atoms with Crippen molar-refractivity contribution in [2.45, 2.75) is 26.3 Å². The number of benzene rings is 1. The standard InChI is InChI=1S/C24H24ClFN4O2/c1-4-16(13-31)29-24(32)17-6-5-9-27-23(17)30-22-11-21(28-12-19(22)14(2)3)18-10-15(25)7-8-20(18)26/h5-12,16,31H,2,4,13H2,1,3H3,(H,29,32)(H,27,28,30)/t16-/m0/s1. The molecule has 1 atom stereocenters. The predicted octanol–water partition coefficient (Wildman–Crippen LogP) is 5.21. The average Bonchev–Trinajstić information content (AvgIpc) is 2.79. The molecule has 1 amide bonds. The third-order valence-electron chi connectivity index (χ3n) is 4.92. The Morgan fingerprint density at radius 2 is 2.03 bits per heavy atom. The molecule has 0 fully saturated rings. The van der Waals surface area contributed by atoms with Crippen LogP contribution in [0.3, 0.4) is 0 Å². The van der Waals surface area contributed by atoms with Crippen LogP contribution in [0.4, 0.5) is 15.9 Å². The number of hydrogen-bond acceptors (Lipinski definition) is 5. The largest absolute Gasteiger partial charge is 0.394 e. The van der Waals surface area contributed by atoms with Crippen LogP contribution in [-0.4, -0.2) is 33.6 Å². The van der Waals surface area contributed by atoms with E-state index < -0.39 is 5.82 Å². The van der Waals surface area contributed by atoms with Gasteiger partial charge in [-0.15, -0.1) is 0 Å². The lowest BCUT2D eigenvalue weighted by Crippen LogP contribution is -2.37. The van der Waals surface area contributed by atoms with Crippen LogP contribution in [0.25, 0.3) is 16.8 Å². The Labute approximate surface area is 191 Å². The molecular formula is C24H24ClFN4O2. The van der Waals surface area contributed by atoms with Crippen molar-refractivity contribution < 1.29 is 14.3 Å². The molecule has 0 aliphatic rings. The molecule has 0 aliphatic carbocycles. The summed E-state index contributed by atoms with van der Waals surface area (Å²) >= 11 is 6.04. The number of allylic oxidation sites excluding steroid dienone is 1. The SMILES string of the molecule is C=C(C)c1cnc(-c2cc(Cl)ccc2F)cc1Nc1ncccc1C(=O)N[C@@H](CC)CO. The number of pyridine rings is 2. The molecule has 0 saturated carbocycles. The van der Waals surface area contributed by atoms with Crippen LogP contribution in [0.15, 0.2) is 55.4 Å². The molecule has 0 spiro atoms. The minimum absolute atomic E-state index is 0.163. The predicted molar refractivity (Wildman–Crippen MR) is 125 cm³/mol. The van der Waals surface area contributed by atoms with Crippen molar-refractivity contribution in [3.05, 3.63) is 77.3 Å². The van der Waals surface area contributed by atoms with Gasteiger partial charge in [0.05, 0.1) is 29.6 Å². The Kier molecular flexibility index (Phi) is 7.56. The summed E-state index contributed by atoms with van der Waals surface area (Å²) in [7, 11) is 0. The number of anilines is 2. The van der Waals surface area contributed by atoms with Gasteiger partial charge >= 0.3 is 0 Å². The van der Waals surface area contributed by atoms with Gasteiger partial charge in [-0.1, -0.05) is 25.1 Å². The second-order valence-electron chi connectivity index (χ2n) is 7.31. The van der Waals surface area contributed by atoms with Crippen LogP contribution < -0.4 is 10.6 Å². The minimum Gasteiger partial charge on any atom is -0.394 e. The van der Waals surface area contributed by atoms with Gasteiger partial charge in [-0.3, -0.25) is 9.78 Å². The summed E-state index contributed by atoms with van der Waals surface area (Å²) in [5.74, 6) is -0.513. The molecule has 1 aromatic carbocycles. The lowest BCUT2D eigenvalue weighted by molar-refractivity contribution is 0.0915. The first-order chi connectivity index (χ1) is 15.3. The number of hydrogen-bond donors (Lipinski definition) is 3. The molecule has 0 radical (unpaired) electrons. The summed E-state index contributed by atoms with van der Waals surface area (Å²) in [5.41, 5.74) is 2.90. The maximum Gasteiger partial charge on any atom is 0.255 e. The van der Waals surface area contributed by atoms with Gasteiger partial charge in [0.1, 0.15) is 11.6 Å². The first-order valence-corrected chi connectivity index (χ1v) is 10.5. The quantitative estimate of drug-likeness (QED) is 0.434. The smallest absolute Gasteiger partial charge is 0.255 e. The highest BCUT2D eigenvalue weighted by molar-refractivity contribution is 6.30. The highest BCUT2D eigenvalue weighted by Crippen LogP contribution is 2.32. The van der Waals surface area contributed by atoms with Gasteiger partial charge in [0, 0.05) is 28.5 Å². The van der Waals surface area contributed by atoms with Crippen molar-refractivity contribution in [1.82, 2.24) is 15.3 Å². The van der Waals surface area contributed by atoms with Gasteiger partial charge in [0.15, 0.2) is 0 Å². The first-order valence-electron chi connectivity index (χ1n) is 10.1. The molecule has 0 bridgehead atoms. The highest BCUT2D eigenvalue weighted by atomic mass is 35.5. The van der Waals surface area contributed by atoms with E-state index in [9.17, 15) is 14.3 Å². The van der Waals surface area contributed by atoms with Crippen LogP contribution >= 0.6 is 11.6 Å². The molecule has 8 heteroatoms. The van der Waals surface area contributed by atoms with E-state index in [1.54, 1.807) is 30.6 Å². The molecular weight excluding hydrogens is 431 g/mol. The van der Waals surface area contributed by atoms with Crippen LogP contribution in [0.2, 0.25) is 5.02 Å². The zero-order valence-corrected chi connectivity index (χ0v) is 18.6. The molecule has 3 rings (SSSR count). The third kappa shape index (κ3) is 5.30. The second kappa shape index (κ2) is 10.3. The van der Waals surface area contributed by atoms with Crippen molar-refractivity contribution in [1.29, 1.82) is 0 Å². The summed E-state index contributed by atoms with van der Waals surface area (Å²) in [4.78, 5) is 21.5. The number of aliphatic hydroxyl groups excluding tert-OH is 1. The Balaban J connectivity index is 2.03. The number of nitrogens with zero attached hydrogens (tertiary/aromatic N) is 2. The molecule has 2 aromatic heterocycles. The Hall–Kier alpha value is -3.29. The van der Waals surface area contributed by atoms with Gasteiger partial charge in [0.25, 0.3) is 5.91 Å². The van der Waals surface area contributed by atoms with Gasteiger partial charge in [-0.05, 0) is 55.3 Å². The molecule has 0 saturated heterocycles. The van der Waals surface area contributed by atoms with E-state index >= 15 is 0 Å². The van der Waals surface area contributed by atoms with E-state index in [2.05, 4.69) is 27.2 Å². The number of aromatic nitrogens is 2. The number of rotatable bonds is 8. The lowest BCUT2D eigenvalue weighted by atomic mass is 10.0. The normalized spacial score (nSPS) is 11.7. The maximum absolute atomic E-state index is 14.4. The molecule has 3 N–H and O–H groups in total. The molecule has 166 valence electrons. The summed E-state index contributed by atoms with van der Waals surface area (Å²) < 4.78 is 14.4. The maximum atomic E-state index is 14.4. The van der Waals surface area contributed by atoms with Crippen molar-refractivity contribution in [2.24, 2.45) is 0 Å². The summed E-state index contributed by atoms with van der Waals surface area (Å²) in [5, 5.41) is 15.7. The van der Waals surface area contributed by atoms with Crippen LogP contribution in [-0.2, 0) is 0 Å². The molecule has 6 nitrogen and oxygen atoms in total. The van der Waals surface area contributed by atoms with Crippen molar-refractivity contribution >= 4 is 34.6 Å². The first kappa shape index (κ1) is 23.4. The number of nitrogens with one attached hydrogen (secondary N) is 2. The zero-order valence-electron chi connectivity index (χ0n) is 17.8. The molecule has 3 aromatic rings. The van der Waals surface area contributed by atoms with Crippen molar-refractivity contribution in [3.63, 3.8) is 0 Å². The Morgan fingerprint density at radius 1 is 1.25 bits per heavy atom. The monoisotopic (exact) mass is 454 g/mol. The topological polar surface area (TPSA) is 87.1 Å². The van der Waals surface area contributed by atoms with Gasteiger partial charge in [0.2, 0.25) is 0 Å². The van der Waals surface area contributed by atoms with Gasteiger partial charge < -0.3 is 15.7 Å². The van der Waals surface area contributed by atoms with Crippen molar-refractivity contribution in [2.75, 3.05) is 11.9 Å². The van der Waals surface area contributed by atoms with E-state index in [0.29, 0.717) is 39.8 Å². The summed E-state index contributed by atoms with van der Waals surface area (Å²) in [6, 6.07) is 8.84. The summed E-state index contributed by atoms with van der Waals surface area (Å²) in [6.07, 6.45) is 3.73. The lowest BCUT2D eigenvalue weighted by Gasteiger charge is -2.17. The molecule has 0 unspecified atom stereocenters. The third-order valence-corrected chi connectivity index (χ3v) is 5.16. The van der Waals surface area contributed by atoms with Gasteiger partial charge in [-0.2, -0.15) is 0 Å². The van der Waals surface area contributed by atoms with Crippen LogP contribution in [0.5, 0.6) is 0 Å². The highest BCUT2D eigenvalue weighted by Gasteiger charge is 2.18. The number of halogens is 2. The second-order valence-corrected chi connectivity index (χ2v) is 7.74. The Bertz CT molecular complexity index is 1150. The van der Waals surface area contributed by atoms with Crippen molar-refractivity contribution in [3.8, 4) is 11.3 Å². The summed E-state index contributed by atoms with van der Waals surface area (Å²) in [6.45, 7) is 7.51. The fraction of sp³-hybridized carbons (Fsp3) is 0.208. The van der Waals surface area contributed by atoms with Gasteiger partial charge in [-0.25, -0.2) is 9.37 Å². The van der Waals surface area contributed by atoms with E-state index in [1.807, 2.05) is 13.8 Å². The minimum atomic E-state index is -0.455. The number of aliphatic hydroxyl groups is 1. The van der Waals surface area contributed by atoms with Crippen LogP contribution in [0.1, 0.15) is 36.2 Å². The van der Waals surface area contributed by atoms with E-state index in [-0.39, 0.29) is 24.1 Å². The molecule has 2 heterocycles. The Morgan fingerprint density at radius 3 is 2.72 bits per heavy atom. The number of carbonyl (C=O) groups excluding carboxylic acids is 1. The zero-order chi connectivity index (χ0) is 23.3. The fourth-order valence-electron chi connectivity index (χ4n) is 3.10.